The highest BCUT2D eigenvalue weighted by molar-refractivity contribution is 6.08. The summed E-state index contributed by atoms with van der Waals surface area (Å²) >= 11 is 0. The molecule has 1 aliphatic carbocycles. The number of benzene rings is 2. The van der Waals surface area contributed by atoms with Crippen molar-refractivity contribution in [1.82, 2.24) is 4.90 Å². The Morgan fingerprint density at radius 2 is 1.72 bits per heavy atom. The SMILES string of the molecule is COc1ccc(C2C(C(C)=O)=C(O)C(=O)N2CC2(c3ccccc3)CCCC2)cc1OC. The normalized spacial score (nSPS) is 20.0. The third-order valence-corrected chi connectivity index (χ3v) is 6.83. The van der Waals surface area contributed by atoms with Crippen molar-refractivity contribution in [2.45, 2.75) is 44.1 Å². The maximum absolute atomic E-state index is 13.3. The number of nitrogens with zero attached hydrogens (tertiary/aromatic N) is 1. The number of ether oxygens (including phenoxy) is 2. The largest absolute Gasteiger partial charge is 0.503 e. The minimum absolute atomic E-state index is 0.128. The number of hydrogen-bond donors (Lipinski definition) is 1. The van der Waals surface area contributed by atoms with E-state index in [0.717, 1.165) is 25.7 Å². The van der Waals surface area contributed by atoms with Crippen molar-refractivity contribution in [3.05, 3.63) is 71.0 Å². The molecule has 1 heterocycles. The lowest BCUT2D eigenvalue weighted by Crippen LogP contribution is -2.42. The Morgan fingerprint density at radius 1 is 1.06 bits per heavy atom. The van der Waals surface area contributed by atoms with E-state index in [9.17, 15) is 14.7 Å². The zero-order valence-electron chi connectivity index (χ0n) is 18.8. The fourth-order valence-corrected chi connectivity index (χ4v) is 5.25. The first-order valence-corrected chi connectivity index (χ1v) is 10.9. The van der Waals surface area contributed by atoms with Crippen molar-refractivity contribution < 1.29 is 24.2 Å². The third kappa shape index (κ3) is 3.64. The highest BCUT2D eigenvalue weighted by Crippen LogP contribution is 2.47. The zero-order chi connectivity index (χ0) is 22.9. The first-order valence-electron chi connectivity index (χ1n) is 10.9. The molecule has 0 aromatic heterocycles. The summed E-state index contributed by atoms with van der Waals surface area (Å²) in [6.45, 7) is 1.81. The predicted molar refractivity (Wildman–Crippen MR) is 121 cm³/mol. The van der Waals surface area contributed by atoms with E-state index in [2.05, 4.69) is 12.1 Å². The molecule has 2 aromatic rings. The van der Waals surface area contributed by atoms with Gasteiger partial charge in [0.1, 0.15) is 0 Å². The lowest BCUT2D eigenvalue weighted by molar-refractivity contribution is -0.130. The number of hydrogen-bond acceptors (Lipinski definition) is 5. The van der Waals surface area contributed by atoms with E-state index >= 15 is 0 Å². The number of rotatable bonds is 7. The Bertz CT molecular complexity index is 1050. The first kappa shape index (κ1) is 21.9. The quantitative estimate of drug-likeness (QED) is 0.693. The van der Waals surface area contributed by atoms with Gasteiger partial charge in [0.15, 0.2) is 23.0 Å². The first-order chi connectivity index (χ1) is 15.4. The highest BCUT2D eigenvalue weighted by atomic mass is 16.5. The molecular formula is C26H29NO5. The summed E-state index contributed by atoms with van der Waals surface area (Å²) in [5.41, 5.74) is 1.81. The molecule has 0 saturated heterocycles. The van der Waals surface area contributed by atoms with E-state index in [1.807, 2.05) is 24.3 Å². The highest BCUT2D eigenvalue weighted by Gasteiger charge is 2.47. The summed E-state index contributed by atoms with van der Waals surface area (Å²) in [5.74, 6) is -0.222. The fraction of sp³-hybridized carbons (Fsp3) is 0.385. The van der Waals surface area contributed by atoms with Gasteiger partial charge in [-0.25, -0.2) is 0 Å². The minimum Gasteiger partial charge on any atom is -0.503 e. The second-order valence-corrected chi connectivity index (χ2v) is 8.62. The van der Waals surface area contributed by atoms with Crippen molar-refractivity contribution in [2.75, 3.05) is 20.8 Å². The van der Waals surface area contributed by atoms with Crippen LogP contribution in [0.3, 0.4) is 0 Å². The number of ketones is 1. The summed E-state index contributed by atoms with van der Waals surface area (Å²) in [4.78, 5) is 27.5. The number of carbonyl (C=O) groups excluding carboxylic acids is 2. The van der Waals surface area contributed by atoms with Gasteiger partial charge in [0.2, 0.25) is 0 Å². The molecule has 168 valence electrons. The van der Waals surface area contributed by atoms with E-state index in [1.165, 1.54) is 12.5 Å². The van der Waals surface area contributed by atoms with Gasteiger partial charge >= 0.3 is 0 Å². The molecule has 32 heavy (non-hydrogen) atoms. The van der Waals surface area contributed by atoms with Gasteiger partial charge in [-0.05, 0) is 43.0 Å². The van der Waals surface area contributed by atoms with Crippen LogP contribution in [0, 0.1) is 0 Å². The van der Waals surface area contributed by atoms with Gasteiger partial charge in [-0.1, -0.05) is 49.2 Å². The molecule has 1 aliphatic heterocycles. The van der Waals surface area contributed by atoms with Crippen LogP contribution in [-0.2, 0) is 15.0 Å². The Kier molecular flexibility index (Phi) is 5.96. The topological polar surface area (TPSA) is 76.1 Å². The maximum Gasteiger partial charge on any atom is 0.290 e. The molecule has 4 rings (SSSR count). The van der Waals surface area contributed by atoms with Crippen LogP contribution < -0.4 is 9.47 Å². The molecule has 6 heteroatoms. The summed E-state index contributed by atoms with van der Waals surface area (Å²) < 4.78 is 10.8. The van der Waals surface area contributed by atoms with Crippen LogP contribution >= 0.6 is 0 Å². The number of aliphatic hydroxyl groups is 1. The Balaban J connectivity index is 1.80. The number of amides is 1. The van der Waals surface area contributed by atoms with E-state index in [1.54, 1.807) is 31.3 Å². The van der Waals surface area contributed by atoms with Crippen LogP contribution in [0.2, 0.25) is 0 Å². The number of Topliss-reactive ketones (excluding diaryl/α,β-unsaturated/α-hetero) is 1. The Hall–Kier alpha value is -3.28. The summed E-state index contributed by atoms with van der Waals surface area (Å²) in [6.07, 6.45) is 4.07. The minimum atomic E-state index is -0.680. The molecule has 1 N–H and O–H groups in total. The molecule has 2 aliphatic rings. The molecule has 0 bridgehead atoms. The molecule has 1 atom stereocenters. The van der Waals surface area contributed by atoms with Crippen LogP contribution in [0.15, 0.2) is 59.9 Å². The van der Waals surface area contributed by atoms with Crippen molar-refractivity contribution in [2.24, 2.45) is 0 Å². The molecule has 1 fully saturated rings. The molecule has 1 unspecified atom stereocenters. The van der Waals surface area contributed by atoms with Crippen LogP contribution in [0.25, 0.3) is 0 Å². The molecule has 1 amide bonds. The van der Waals surface area contributed by atoms with Gasteiger partial charge in [0.05, 0.1) is 25.8 Å². The number of methoxy groups -OCH3 is 2. The Labute approximate surface area is 188 Å². The van der Waals surface area contributed by atoms with Crippen molar-refractivity contribution in [3.8, 4) is 11.5 Å². The van der Waals surface area contributed by atoms with Crippen LogP contribution in [0.5, 0.6) is 11.5 Å². The van der Waals surface area contributed by atoms with Gasteiger partial charge in [-0.2, -0.15) is 0 Å². The smallest absolute Gasteiger partial charge is 0.290 e. The van der Waals surface area contributed by atoms with Crippen LogP contribution in [-0.4, -0.2) is 42.5 Å². The van der Waals surface area contributed by atoms with Gasteiger partial charge in [-0.15, -0.1) is 0 Å². The molecule has 2 aromatic carbocycles. The number of aliphatic hydroxyl groups excluding tert-OH is 1. The van der Waals surface area contributed by atoms with E-state index in [4.69, 9.17) is 9.47 Å². The maximum atomic E-state index is 13.3. The summed E-state index contributed by atoms with van der Waals surface area (Å²) in [7, 11) is 3.10. The van der Waals surface area contributed by atoms with E-state index in [0.29, 0.717) is 23.6 Å². The summed E-state index contributed by atoms with van der Waals surface area (Å²) in [6, 6.07) is 14.9. The van der Waals surface area contributed by atoms with Gasteiger partial charge < -0.3 is 19.5 Å². The van der Waals surface area contributed by atoms with E-state index < -0.39 is 17.7 Å². The molecule has 1 saturated carbocycles. The predicted octanol–water partition coefficient (Wildman–Crippen LogP) is 4.50. The van der Waals surface area contributed by atoms with Crippen molar-refractivity contribution in [1.29, 1.82) is 0 Å². The second kappa shape index (κ2) is 8.69. The fourth-order valence-electron chi connectivity index (χ4n) is 5.25. The lowest BCUT2D eigenvalue weighted by Gasteiger charge is -2.37. The monoisotopic (exact) mass is 435 g/mol. The zero-order valence-corrected chi connectivity index (χ0v) is 18.8. The van der Waals surface area contributed by atoms with Crippen molar-refractivity contribution >= 4 is 11.7 Å². The van der Waals surface area contributed by atoms with E-state index in [-0.39, 0.29) is 16.8 Å². The molecule has 0 radical (unpaired) electrons. The standard InChI is InChI=1S/C26H29NO5/c1-17(28)22-23(18-11-12-20(31-2)21(15-18)32-3)27(25(30)24(22)29)16-26(13-7-8-14-26)19-9-5-4-6-10-19/h4-6,9-12,15,23,29H,7-8,13-14,16H2,1-3H3. The van der Waals surface area contributed by atoms with Gasteiger partial charge in [0, 0.05) is 12.0 Å². The molecule has 6 nitrogen and oxygen atoms in total. The average Bonchev–Trinajstić information content (AvgIpc) is 3.38. The molecular weight excluding hydrogens is 406 g/mol. The number of carbonyl (C=O) groups is 2. The van der Waals surface area contributed by atoms with Crippen LogP contribution in [0.4, 0.5) is 0 Å². The lowest BCUT2D eigenvalue weighted by atomic mass is 9.78. The van der Waals surface area contributed by atoms with Gasteiger partial charge in [-0.3, -0.25) is 9.59 Å². The van der Waals surface area contributed by atoms with Crippen molar-refractivity contribution in [3.63, 3.8) is 0 Å². The third-order valence-electron chi connectivity index (χ3n) is 6.83. The van der Waals surface area contributed by atoms with Crippen LogP contribution in [0.1, 0.15) is 49.8 Å². The molecule has 0 spiro atoms. The average molecular weight is 436 g/mol. The second-order valence-electron chi connectivity index (χ2n) is 8.62. The summed E-state index contributed by atoms with van der Waals surface area (Å²) in [5, 5.41) is 10.7. The van der Waals surface area contributed by atoms with Gasteiger partial charge in [0.25, 0.3) is 5.91 Å². The Morgan fingerprint density at radius 3 is 2.31 bits per heavy atom.